The molecular weight excluding hydrogens is 222 g/mol. The number of hydrogen-bond donors (Lipinski definition) is 4. The second-order valence-electron chi connectivity index (χ2n) is 3.44. The van der Waals surface area contributed by atoms with Crippen molar-refractivity contribution in [2.75, 3.05) is 17.2 Å². The number of primary amides is 1. The van der Waals surface area contributed by atoms with Gasteiger partial charge in [0.2, 0.25) is 5.91 Å². The Balaban J connectivity index is 2.50. The maximum atomic E-state index is 11.3. The number of amides is 3. The molecule has 0 unspecified atom stereocenters. The molecule has 1 aromatic carbocycles. The highest BCUT2D eigenvalue weighted by molar-refractivity contribution is 5.91. The Labute approximate surface area is 98.8 Å². The average molecular weight is 237 g/mol. The molecule has 0 aliphatic carbocycles. The first-order chi connectivity index (χ1) is 8.11. The first-order valence-corrected chi connectivity index (χ1v) is 5.19. The zero-order valence-electron chi connectivity index (χ0n) is 9.27. The molecule has 0 aromatic heterocycles. The summed E-state index contributed by atoms with van der Waals surface area (Å²) >= 11 is 0. The molecular formula is C11H15N3O3. The summed E-state index contributed by atoms with van der Waals surface area (Å²) in [6.07, 6.45) is 0.713. The average Bonchev–Trinajstić information content (AvgIpc) is 2.28. The number of hydrogen-bond acceptors (Lipinski definition) is 3. The Morgan fingerprint density at radius 2 is 1.65 bits per heavy atom. The van der Waals surface area contributed by atoms with E-state index in [4.69, 9.17) is 10.8 Å². The van der Waals surface area contributed by atoms with E-state index in [1.165, 1.54) is 0 Å². The van der Waals surface area contributed by atoms with Crippen LogP contribution >= 0.6 is 0 Å². The fourth-order valence-electron chi connectivity index (χ4n) is 1.24. The van der Waals surface area contributed by atoms with Crippen molar-refractivity contribution in [3.8, 4) is 0 Å². The number of carbonyl (C=O) groups excluding carboxylic acids is 2. The van der Waals surface area contributed by atoms with Gasteiger partial charge in [-0.3, -0.25) is 4.79 Å². The van der Waals surface area contributed by atoms with Crippen molar-refractivity contribution in [3.05, 3.63) is 24.3 Å². The van der Waals surface area contributed by atoms with Crippen molar-refractivity contribution < 1.29 is 14.7 Å². The van der Waals surface area contributed by atoms with Gasteiger partial charge in [-0.05, 0) is 30.7 Å². The molecule has 0 heterocycles. The number of nitrogens with one attached hydrogen (secondary N) is 2. The first-order valence-electron chi connectivity index (χ1n) is 5.19. The summed E-state index contributed by atoms with van der Waals surface area (Å²) in [4.78, 5) is 21.9. The summed E-state index contributed by atoms with van der Waals surface area (Å²) in [5.41, 5.74) is 6.14. The van der Waals surface area contributed by atoms with Gasteiger partial charge in [-0.2, -0.15) is 0 Å². The Morgan fingerprint density at radius 1 is 1.12 bits per heavy atom. The number of nitrogens with two attached hydrogens (primary N) is 1. The zero-order chi connectivity index (χ0) is 12.7. The SMILES string of the molecule is NC(=O)Nc1ccc(NC(=O)CCCO)cc1. The Kier molecular flexibility index (Phi) is 4.96. The molecule has 6 nitrogen and oxygen atoms in total. The second-order valence-corrected chi connectivity index (χ2v) is 3.44. The van der Waals surface area contributed by atoms with Gasteiger partial charge in [0.25, 0.3) is 0 Å². The van der Waals surface area contributed by atoms with Gasteiger partial charge in [-0.15, -0.1) is 0 Å². The van der Waals surface area contributed by atoms with Gasteiger partial charge >= 0.3 is 6.03 Å². The summed E-state index contributed by atoms with van der Waals surface area (Å²) in [7, 11) is 0. The van der Waals surface area contributed by atoms with Crippen LogP contribution in [0.3, 0.4) is 0 Å². The van der Waals surface area contributed by atoms with Crippen LogP contribution < -0.4 is 16.4 Å². The van der Waals surface area contributed by atoms with Crippen molar-refractivity contribution >= 4 is 23.3 Å². The molecule has 0 atom stereocenters. The van der Waals surface area contributed by atoms with Gasteiger partial charge in [-0.1, -0.05) is 0 Å². The van der Waals surface area contributed by atoms with Crippen LogP contribution in [0.4, 0.5) is 16.2 Å². The lowest BCUT2D eigenvalue weighted by Gasteiger charge is -2.06. The maximum absolute atomic E-state index is 11.3. The highest BCUT2D eigenvalue weighted by atomic mass is 16.3. The van der Waals surface area contributed by atoms with Crippen molar-refractivity contribution in [2.45, 2.75) is 12.8 Å². The molecule has 6 heteroatoms. The van der Waals surface area contributed by atoms with E-state index < -0.39 is 6.03 Å². The van der Waals surface area contributed by atoms with E-state index in [9.17, 15) is 9.59 Å². The van der Waals surface area contributed by atoms with E-state index in [1.807, 2.05) is 0 Å². The van der Waals surface area contributed by atoms with E-state index in [2.05, 4.69) is 10.6 Å². The van der Waals surface area contributed by atoms with Crippen molar-refractivity contribution in [2.24, 2.45) is 5.73 Å². The van der Waals surface area contributed by atoms with Crippen LogP contribution in [0.2, 0.25) is 0 Å². The van der Waals surface area contributed by atoms with E-state index >= 15 is 0 Å². The van der Waals surface area contributed by atoms with Crippen LogP contribution in [-0.4, -0.2) is 23.7 Å². The summed E-state index contributed by atoms with van der Waals surface area (Å²) in [5.74, 6) is -0.158. The van der Waals surface area contributed by atoms with Gasteiger partial charge in [0.05, 0.1) is 0 Å². The van der Waals surface area contributed by atoms with E-state index in [0.29, 0.717) is 17.8 Å². The van der Waals surface area contributed by atoms with Crippen LogP contribution in [-0.2, 0) is 4.79 Å². The largest absolute Gasteiger partial charge is 0.396 e. The van der Waals surface area contributed by atoms with E-state index in [1.54, 1.807) is 24.3 Å². The van der Waals surface area contributed by atoms with Crippen LogP contribution in [0.5, 0.6) is 0 Å². The predicted octanol–water partition coefficient (Wildman–Crippen LogP) is 0.888. The lowest BCUT2D eigenvalue weighted by Crippen LogP contribution is -2.19. The predicted molar refractivity (Wildman–Crippen MR) is 64.6 cm³/mol. The van der Waals surface area contributed by atoms with Crippen molar-refractivity contribution in [1.29, 1.82) is 0 Å². The minimum atomic E-state index is -0.635. The summed E-state index contributed by atoms with van der Waals surface area (Å²) in [5, 5.41) is 13.6. The monoisotopic (exact) mass is 237 g/mol. The fraction of sp³-hybridized carbons (Fsp3) is 0.273. The van der Waals surface area contributed by atoms with Crippen LogP contribution in [0.25, 0.3) is 0 Å². The Morgan fingerprint density at radius 3 is 2.12 bits per heavy atom. The molecule has 0 aliphatic heterocycles. The number of urea groups is 1. The molecule has 17 heavy (non-hydrogen) atoms. The van der Waals surface area contributed by atoms with Crippen LogP contribution in [0, 0.1) is 0 Å². The molecule has 1 rings (SSSR count). The zero-order valence-corrected chi connectivity index (χ0v) is 9.27. The molecule has 5 N–H and O–H groups in total. The number of anilines is 2. The lowest BCUT2D eigenvalue weighted by atomic mass is 10.2. The van der Waals surface area contributed by atoms with Crippen LogP contribution in [0.15, 0.2) is 24.3 Å². The molecule has 0 fully saturated rings. The van der Waals surface area contributed by atoms with Gasteiger partial charge in [0, 0.05) is 24.4 Å². The van der Waals surface area contributed by atoms with Gasteiger partial charge in [-0.25, -0.2) is 4.79 Å². The third kappa shape index (κ3) is 4.98. The third-order valence-corrected chi connectivity index (χ3v) is 2.00. The molecule has 1 aromatic rings. The second kappa shape index (κ2) is 6.49. The molecule has 0 spiro atoms. The first kappa shape index (κ1) is 13.0. The van der Waals surface area contributed by atoms with Crippen molar-refractivity contribution in [3.63, 3.8) is 0 Å². The van der Waals surface area contributed by atoms with Crippen molar-refractivity contribution in [1.82, 2.24) is 0 Å². The van der Waals surface area contributed by atoms with Gasteiger partial charge in [0.15, 0.2) is 0 Å². The molecule has 0 bridgehead atoms. The minimum absolute atomic E-state index is 0.00507. The fourth-order valence-corrected chi connectivity index (χ4v) is 1.24. The number of aliphatic hydroxyl groups excluding tert-OH is 1. The van der Waals surface area contributed by atoms with Gasteiger partial charge < -0.3 is 21.5 Å². The number of benzene rings is 1. The Hall–Kier alpha value is -2.08. The highest BCUT2D eigenvalue weighted by Gasteiger charge is 2.02. The summed E-state index contributed by atoms with van der Waals surface area (Å²) in [6.45, 7) is -0.00507. The van der Waals surface area contributed by atoms with Crippen LogP contribution in [0.1, 0.15) is 12.8 Å². The lowest BCUT2D eigenvalue weighted by molar-refractivity contribution is -0.116. The topological polar surface area (TPSA) is 104 Å². The third-order valence-electron chi connectivity index (χ3n) is 2.00. The molecule has 0 aliphatic rings. The van der Waals surface area contributed by atoms with Gasteiger partial charge in [0.1, 0.15) is 0 Å². The number of rotatable bonds is 5. The maximum Gasteiger partial charge on any atom is 0.316 e. The molecule has 92 valence electrons. The smallest absolute Gasteiger partial charge is 0.316 e. The van der Waals surface area contributed by atoms with E-state index in [-0.39, 0.29) is 18.9 Å². The molecule has 0 radical (unpaired) electrons. The number of aliphatic hydroxyl groups is 1. The summed E-state index contributed by atoms with van der Waals surface area (Å²) < 4.78 is 0. The summed E-state index contributed by atoms with van der Waals surface area (Å²) in [6, 6.07) is 5.94. The quantitative estimate of drug-likeness (QED) is 0.611. The van der Waals surface area contributed by atoms with E-state index in [0.717, 1.165) is 0 Å². The highest BCUT2D eigenvalue weighted by Crippen LogP contribution is 2.13. The molecule has 3 amide bonds. The Bertz CT molecular complexity index is 389. The molecule has 0 saturated heterocycles. The standard InChI is InChI=1S/C11H15N3O3/c12-11(17)14-9-5-3-8(4-6-9)13-10(16)2-1-7-15/h3-6,15H,1-2,7H2,(H,13,16)(H3,12,14,17). The minimum Gasteiger partial charge on any atom is -0.396 e. The normalized spacial score (nSPS) is 9.71. The molecule has 0 saturated carbocycles. The number of carbonyl (C=O) groups is 2.